The summed E-state index contributed by atoms with van der Waals surface area (Å²) < 4.78 is 30.5. The number of pyridine rings is 1. The molecule has 58 heavy (non-hydrogen) atoms. The third-order valence-electron chi connectivity index (χ3n) is 9.56. The first kappa shape index (κ1) is 42.0. The molecule has 0 fully saturated rings. The molecule has 0 aliphatic rings. The summed E-state index contributed by atoms with van der Waals surface area (Å²) in [6.45, 7) is 19.0. The van der Waals surface area contributed by atoms with E-state index in [1.807, 2.05) is 47.6 Å². The van der Waals surface area contributed by atoms with Crippen LogP contribution in [0.3, 0.4) is 0 Å². The number of rotatable bonds is 12. The quantitative estimate of drug-likeness (QED) is 0.0743. The number of aliphatic hydroxyl groups is 2. The zero-order valence-electron chi connectivity index (χ0n) is 34.3. The summed E-state index contributed by atoms with van der Waals surface area (Å²) in [6, 6.07) is 16.0. The van der Waals surface area contributed by atoms with Crippen LogP contribution in [0.25, 0.3) is 15.3 Å². The van der Waals surface area contributed by atoms with Crippen molar-refractivity contribution < 1.29 is 18.6 Å². The van der Waals surface area contributed by atoms with Crippen molar-refractivity contribution >= 4 is 66.1 Å². The zero-order valence-corrected chi connectivity index (χ0v) is 35.9. The van der Waals surface area contributed by atoms with Gasteiger partial charge in [0.25, 0.3) is 0 Å². The van der Waals surface area contributed by atoms with Gasteiger partial charge in [0.1, 0.15) is 23.1 Å². The maximum absolute atomic E-state index is 13.1. The average molecular weight is 821 g/mol. The van der Waals surface area contributed by atoms with E-state index in [1.165, 1.54) is 22.4 Å². The average Bonchev–Trinajstić information content (AvgIpc) is 3.74. The van der Waals surface area contributed by atoms with Gasteiger partial charge in [-0.1, -0.05) is 67.5 Å². The zero-order chi connectivity index (χ0) is 42.3. The lowest BCUT2D eigenvalue weighted by atomic mass is 9.90. The molecule has 0 aliphatic heterocycles. The lowest BCUT2D eigenvalue weighted by Crippen LogP contribution is -2.39. The Labute approximate surface area is 342 Å². The molecule has 14 nitrogen and oxygen atoms in total. The van der Waals surface area contributed by atoms with E-state index >= 15 is 0 Å². The van der Waals surface area contributed by atoms with Crippen LogP contribution in [-0.2, 0) is 15.4 Å². The SMILES string of the molecule is Cc1cc(C)c(Nc2cc(C)c(N=Nc3c(C#N)c(C(C)(C)C)nn3-c3nc4ccc(S(=O)(=O)NC(CO)CO)cc4s3)c(Nc3c(C)cc(C)cc3C)n2)c(C)c1. The van der Waals surface area contributed by atoms with Gasteiger partial charge in [-0.05, 0) is 101 Å². The second-order valence-corrected chi connectivity index (χ2v) is 18.4. The lowest BCUT2D eigenvalue weighted by molar-refractivity contribution is 0.185. The monoisotopic (exact) mass is 820 g/mol. The van der Waals surface area contributed by atoms with Gasteiger partial charge in [-0.2, -0.15) is 15.0 Å². The molecule has 6 rings (SSSR count). The van der Waals surface area contributed by atoms with Crippen LogP contribution in [0.1, 0.15) is 71.0 Å². The largest absolute Gasteiger partial charge is 0.395 e. The van der Waals surface area contributed by atoms with Crippen molar-refractivity contribution in [2.45, 2.75) is 85.6 Å². The van der Waals surface area contributed by atoms with E-state index in [9.17, 15) is 23.9 Å². The van der Waals surface area contributed by atoms with Gasteiger partial charge >= 0.3 is 0 Å². The highest BCUT2D eigenvalue weighted by molar-refractivity contribution is 7.89. The maximum Gasteiger partial charge on any atom is 0.241 e. The van der Waals surface area contributed by atoms with Gasteiger partial charge in [-0.25, -0.2) is 23.1 Å². The number of fused-ring (bicyclic) bond motifs is 1. The first-order valence-corrected chi connectivity index (χ1v) is 20.9. The molecule has 0 saturated carbocycles. The summed E-state index contributed by atoms with van der Waals surface area (Å²) in [5.74, 6) is 1.22. The molecule has 16 heteroatoms. The lowest BCUT2D eigenvalue weighted by Gasteiger charge is -2.18. The summed E-state index contributed by atoms with van der Waals surface area (Å²) in [5, 5.41) is 51.2. The standard InChI is InChI=1S/C42H48N10O4S2/c1-22-13-24(3)35(25(4)14-22)45-34-17-28(7)37(39(46-34)47-36-26(5)15-23(2)16-27(36)6)48-49-40-31(19-43)38(42(8,9)10)50-52(40)41-44-32-12-11-30(18-33(32)57-41)58(55,56)51-29(20-53)21-54/h11-18,29,51,53-54H,20-21H2,1-10H3,(H2,45,46,47). The highest BCUT2D eigenvalue weighted by Gasteiger charge is 2.30. The highest BCUT2D eigenvalue weighted by atomic mass is 32.2. The summed E-state index contributed by atoms with van der Waals surface area (Å²) in [7, 11) is -4.08. The Hall–Kier alpha value is -5.57. The topological polar surface area (TPSA) is 203 Å². The molecule has 0 unspecified atom stereocenters. The van der Waals surface area contributed by atoms with Gasteiger partial charge in [0.2, 0.25) is 15.2 Å². The van der Waals surface area contributed by atoms with Crippen molar-refractivity contribution in [1.29, 1.82) is 5.26 Å². The van der Waals surface area contributed by atoms with Crippen LogP contribution < -0.4 is 15.4 Å². The number of hydrogen-bond donors (Lipinski definition) is 5. The predicted molar refractivity (Wildman–Crippen MR) is 229 cm³/mol. The number of nitriles is 1. The van der Waals surface area contributed by atoms with Crippen LogP contribution in [0, 0.1) is 59.8 Å². The maximum atomic E-state index is 13.1. The molecule has 6 aromatic rings. The minimum atomic E-state index is -4.08. The fraction of sp³-hybridized carbons (Fsp3) is 0.333. The van der Waals surface area contributed by atoms with E-state index in [0.717, 1.165) is 56.1 Å². The number of aliphatic hydroxyl groups excluding tert-OH is 2. The Bertz CT molecular complexity index is 2690. The summed E-state index contributed by atoms with van der Waals surface area (Å²) in [5.41, 5.74) is 10.3. The molecular formula is C42H48N10O4S2. The van der Waals surface area contributed by atoms with Crippen LogP contribution in [0.5, 0.6) is 0 Å². The molecule has 0 radical (unpaired) electrons. The molecule has 0 bridgehead atoms. The first-order valence-electron chi connectivity index (χ1n) is 18.6. The van der Waals surface area contributed by atoms with E-state index in [0.29, 0.717) is 38.4 Å². The minimum absolute atomic E-state index is 0.0664. The summed E-state index contributed by atoms with van der Waals surface area (Å²) in [4.78, 5) is 9.73. The molecule has 0 aliphatic carbocycles. The Morgan fingerprint density at radius 2 is 1.41 bits per heavy atom. The van der Waals surface area contributed by atoms with Gasteiger partial charge in [-0.15, -0.1) is 10.2 Å². The van der Waals surface area contributed by atoms with E-state index in [-0.39, 0.29) is 16.3 Å². The Morgan fingerprint density at radius 3 is 1.97 bits per heavy atom. The van der Waals surface area contributed by atoms with Crippen LogP contribution in [0.2, 0.25) is 0 Å². The van der Waals surface area contributed by atoms with Gasteiger partial charge < -0.3 is 20.8 Å². The van der Waals surface area contributed by atoms with Crippen molar-refractivity contribution in [2.24, 2.45) is 10.2 Å². The molecule has 3 heterocycles. The Morgan fingerprint density at radius 1 is 0.828 bits per heavy atom. The molecule has 0 saturated heterocycles. The number of thiazole rings is 1. The van der Waals surface area contributed by atoms with Crippen molar-refractivity contribution in [3.8, 4) is 11.2 Å². The molecule has 3 aromatic carbocycles. The van der Waals surface area contributed by atoms with Crippen molar-refractivity contribution in [3.63, 3.8) is 0 Å². The number of sulfonamides is 1. The van der Waals surface area contributed by atoms with Gasteiger partial charge in [0.15, 0.2) is 11.6 Å². The minimum Gasteiger partial charge on any atom is -0.395 e. The molecule has 0 atom stereocenters. The number of hydrogen-bond acceptors (Lipinski definition) is 13. The second kappa shape index (κ2) is 16.4. The summed E-state index contributed by atoms with van der Waals surface area (Å²) >= 11 is 1.16. The van der Waals surface area contributed by atoms with Crippen LogP contribution in [-0.4, -0.2) is 57.6 Å². The Balaban J connectivity index is 1.50. The molecule has 0 spiro atoms. The molecule has 0 amide bonds. The summed E-state index contributed by atoms with van der Waals surface area (Å²) in [6.07, 6.45) is 0. The Kier molecular flexibility index (Phi) is 11.9. The second-order valence-electron chi connectivity index (χ2n) is 15.6. The van der Waals surface area contributed by atoms with Gasteiger partial charge in [0, 0.05) is 16.8 Å². The van der Waals surface area contributed by atoms with E-state index in [4.69, 9.17) is 25.3 Å². The number of benzene rings is 3. The fourth-order valence-corrected chi connectivity index (χ4v) is 9.15. The number of azo groups is 1. The number of aromatic nitrogens is 4. The number of nitrogens with zero attached hydrogens (tertiary/aromatic N) is 7. The first-order chi connectivity index (χ1) is 27.3. The molecule has 5 N–H and O–H groups in total. The smallest absolute Gasteiger partial charge is 0.241 e. The van der Waals surface area contributed by atoms with Crippen molar-refractivity contribution in [1.82, 2.24) is 24.5 Å². The molecule has 302 valence electrons. The predicted octanol–water partition coefficient (Wildman–Crippen LogP) is 8.74. The van der Waals surface area contributed by atoms with E-state index < -0.39 is 34.7 Å². The number of anilines is 4. The normalized spacial score (nSPS) is 12.2. The fourth-order valence-electron chi connectivity index (χ4n) is 6.87. The third kappa shape index (κ3) is 8.64. The van der Waals surface area contributed by atoms with E-state index in [2.05, 4.69) is 73.4 Å². The number of nitrogens with one attached hydrogen (secondary N) is 3. The van der Waals surface area contributed by atoms with Crippen molar-refractivity contribution in [2.75, 3.05) is 23.8 Å². The van der Waals surface area contributed by atoms with Gasteiger partial charge in [0.05, 0.1) is 40.1 Å². The molecule has 3 aromatic heterocycles. The highest BCUT2D eigenvalue weighted by Crippen LogP contribution is 2.40. The van der Waals surface area contributed by atoms with Gasteiger partial charge in [-0.3, -0.25) is 0 Å². The molecular weight excluding hydrogens is 773 g/mol. The van der Waals surface area contributed by atoms with Crippen LogP contribution in [0.15, 0.2) is 63.7 Å². The van der Waals surface area contributed by atoms with Crippen LogP contribution >= 0.6 is 11.3 Å². The number of aryl methyl sites for hydroxylation is 7. The van der Waals surface area contributed by atoms with Crippen LogP contribution in [0.4, 0.5) is 34.5 Å². The van der Waals surface area contributed by atoms with Crippen molar-refractivity contribution in [3.05, 3.63) is 98.7 Å². The van der Waals surface area contributed by atoms with E-state index in [1.54, 1.807) is 6.07 Å². The third-order valence-corrected chi connectivity index (χ3v) is 12.1.